The second-order valence-electron chi connectivity index (χ2n) is 5.26. The summed E-state index contributed by atoms with van der Waals surface area (Å²) in [6.07, 6.45) is 0.430. The van der Waals surface area contributed by atoms with Crippen molar-refractivity contribution in [1.82, 2.24) is 0 Å². The predicted octanol–water partition coefficient (Wildman–Crippen LogP) is 4.24. The first-order valence-corrected chi connectivity index (χ1v) is 9.94. The summed E-state index contributed by atoms with van der Waals surface area (Å²) in [5.41, 5.74) is -0.161. The molecule has 26 heavy (non-hydrogen) atoms. The molecule has 0 aliphatic heterocycles. The van der Waals surface area contributed by atoms with Gasteiger partial charge in [0.15, 0.2) is 0 Å². The van der Waals surface area contributed by atoms with Gasteiger partial charge in [0.1, 0.15) is 5.75 Å². The molecule has 0 radical (unpaired) electrons. The lowest BCUT2D eigenvalue weighted by atomic mass is 10.2. The van der Waals surface area contributed by atoms with Crippen molar-refractivity contribution < 1.29 is 26.7 Å². The highest BCUT2D eigenvalue weighted by molar-refractivity contribution is 9.10. The van der Waals surface area contributed by atoms with Gasteiger partial charge < -0.3 is 10.1 Å². The standard InChI is InChI=1S/C17H16BrF2NO4S/c18-12-5-3-6-13(11-12)25-10-4-9-16(22)21-14-7-1-2-8-15(14)26(23,24)17(19)20/h1-3,5-8,11,17H,4,9-10H2,(H,21,22). The number of benzene rings is 2. The van der Waals surface area contributed by atoms with Gasteiger partial charge in [-0.15, -0.1) is 0 Å². The van der Waals surface area contributed by atoms with Gasteiger partial charge in [-0.2, -0.15) is 8.78 Å². The molecule has 2 aromatic rings. The van der Waals surface area contributed by atoms with Gasteiger partial charge in [-0.05, 0) is 36.8 Å². The lowest BCUT2D eigenvalue weighted by molar-refractivity contribution is -0.116. The molecule has 1 N–H and O–H groups in total. The molecule has 0 fully saturated rings. The van der Waals surface area contributed by atoms with Crippen LogP contribution in [0.15, 0.2) is 57.9 Å². The van der Waals surface area contributed by atoms with Crippen molar-refractivity contribution in [2.75, 3.05) is 11.9 Å². The second kappa shape index (κ2) is 9.09. The van der Waals surface area contributed by atoms with Crippen molar-refractivity contribution >= 4 is 37.4 Å². The van der Waals surface area contributed by atoms with Crippen LogP contribution < -0.4 is 10.1 Å². The molecule has 2 aromatic carbocycles. The molecule has 2 rings (SSSR count). The number of rotatable bonds is 8. The number of sulfone groups is 1. The van der Waals surface area contributed by atoms with Crippen LogP contribution in [0.3, 0.4) is 0 Å². The van der Waals surface area contributed by atoms with E-state index in [0.29, 0.717) is 12.2 Å². The molecule has 0 atom stereocenters. The maximum Gasteiger partial charge on any atom is 0.341 e. The smallest absolute Gasteiger partial charge is 0.341 e. The van der Waals surface area contributed by atoms with E-state index in [-0.39, 0.29) is 18.7 Å². The fraction of sp³-hybridized carbons (Fsp3) is 0.235. The number of hydrogen-bond acceptors (Lipinski definition) is 4. The average molecular weight is 448 g/mol. The largest absolute Gasteiger partial charge is 0.494 e. The van der Waals surface area contributed by atoms with Gasteiger partial charge in [0.25, 0.3) is 0 Å². The molecule has 0 aliphatic carbocycles. The lowest BCUT2D eigenvalue weighted by Crippen LogP contribution is -2.18. The number of nitrogens with one attached hydrogen (secondary N) is 1. The fourth-order valence-corrected chi connectivity index (χ4v) is 3.37. The van der Waals surface area contributed by atoms with E-state index in [1.165, 1.54) is 18.2 Å². The Bertz CT molecular complexity index is 875. The third-order valence-corrected chi connectivity index (χ3v) is 5.25. The van der Waals surface area contributed by atoms with Gasteiger partial charge in [-0.3, -0.25) is 4.79 Å². The molecule has 5 nitrogen and oxygen atoms in total. The quantitative estimate of drug-likeness (QED) is 0.614. The highest BCUT2D eigenvalue weighted by Gasteiger charge is 2.29. The summed E-state index contributed by atoms with van der Waals surface area (Å²) < 4.78 is 55.1. The van der Waals surface area contributed by atoms with Crippen LogP contribution in [0.2, 0.25) is 0 Å². The maximum absolute atomic E-state index is 12.7. The lowest BCUT2D eigenvalue weighted by Gasteiger charge is -2.11. The summed E-state index contributed by atoms with van der Waals surface area (Å²) in [5, 5.41) is 2.36. The molecule has 0 aliphatic rings. The number of amides is 1. The highest BCUT2D eigenvalue weighted by Crippen LogP contribution is 2.26. The Hall–Kier alpha value is -2.00. The Labute approximate surface area is 158 Å². The molecule has 0 unspecified atom stereocenters. The van der Waals surface area contributed by atoms with Gasteiger partial charge in [-0.1, -0.05) is 34.1 Å². The number of carbonyl (C=O) groups is 1. The van der Waals surface area contributed by atoms with E-state index in [1.807, 2.05) is 12.1 Å². The zero-order valence-corrected chi connectivity index (χ0v) is 15.9. The maximum atomic E-state index is 12.7. The minimum absolute atomic E-state index is 0.0526. The highest BCUT2D eigenvalue weighted by atomic mass is 79.9. The molecule has 9 heteroatoms. The van der Waals surface area contributed by atoms with Crippen LogP contribution in [0.4, 0.5) is 14.5 Å². The van der Waals surface area contributed by atoms with Crippen LogP contribution in [0.1, 0.15) is 12.8 Å². The zero-order chi connectivity index (χ0) is 19.2. The minimum atomic E-state index is -4.80. The molecule has 0 spiro atoms. The van der Waals surface area contributed by atoms with Gasteiger partial charge >= 0.3 is 5.76 Å². The first-order valence-electron chi connectivity index (χ1n) is 7.60. The van der Waals surface area contributed by atoms with Crippen LogP contribution in [0.25, 0.3) is 0 Å². The Kier molecular flexibility index (Phi) is 7.10. The number of ether oxygens (including phenoxy) is 1. The van der Waals surface area contributed by atoms with Crippen LogP contribution in [0.5, 0.6) is 5.75 Å². The Morgan fingerprint density at radius 1 is 1.15 bits per heavy atom. The summed E-state index contributed by atoms with van der Waals surface area (Å²) in [7, 11) is -4.80. The molecule has 1 amide bonds. The predicted molar refractivity (Wildman–Crippen MR) is 97.1 cm³/mol. The van der Waals surface area contributed by atoms with Gasteiger partial charge in [0.05, 0.1) is 17.2 Å². The van der Waals surface area contributed by atoms with Gasteiger partial charge in [0.2, 0.25) is 15.7 Å². The Morgan fingerprint density at radius 3 is 2.58 bits per heavy atom. The number of para-hydroxylation sites is 1. The van der Waals surface area contributed by atoms with E-state index in [4.69, 9.17) is 4.74 Å². The third kappa shape index (κ3) is 5.50. The number of halogens is 3. The van der Waals surface area contributed by atoms with Gasteiger partial charge in [0, 0.05) is 10.9 Å². The van der Waals surface area contributed by atoms with E-state index < -0.39 is 26.4 Å². The molecule has 0 bridgehead atoms. The molecular weight excluding hydrogens is 432 g/mol. The van der Waals surface area contributed by atoms with E-state index >= 15 is 0 Å². The van der Waals surface area contributed by atoms with Gasteiger partial charge in [-0.25, -0.2) is 8.42 Å². The monoisotopic (exact) mass is 447 g/mol. The van der Waals surface area contributed by atoms with E-state index in [0.717, 1.165) is 10.5 Å². The topological polar surface area (TPSA) is 72.5 Å². The van der Waals surface area contributed by atoms with E-state index in [9.17, 15) is 22.0 Å². The molecule has 0 saturated carbocycles. The number of carbonyl (C=O) groups excluding carboxylic acids is 1. The van der Waals surface area contributed by atoms with Crippen molar-refractivity contribution in [3.8, 4) is 5.75 Å². The van der Waals surface area contributed by atoms with E-state index in [2.05, 4.69) is 21.2 Å². The van der Waals surface area contributed by atoms with Crippen molar-refractivity contribution in [2.45, 2.75) is 23.5 Å². The normalized spacial score (nSPS) is 11.4. The van der Waals surface area contributed by atoms with Crippen LogP contribution in [-0.2, 0) is 14.6 Å². The molecule has 0 aromatic heterocycles. The molecule has 0 heterocycles. The van der Waals surface area contributed by atoms with Crippen molar-refractivity contribution in [2.24, 2.45) is 0 Å². The summed E-state index contributed by atoms with van der Waals surface area (Å²) in [6.45, 7) is 0.279. The summed E-state index contributed by atoms with van der Waals surface area (Å²) in [6, 6.07) is 12.3. The van der Waals surface area contributed by atoms with Crippen LogP contribution >= 0.6 is 15.9 Å². The SMILES string of the molecule is O=C(CCCOc1cccc(Br)c1)Nc1ccccc1S(=O)(=O)C(F)F. The zero-order valence-electron chi connectivity index (χ0n) is 13.5. The van der Waals surface area contributed by atoms with Crippen molar-refractivity contribution in [3.63, 3.8) is 0 Å². The first-order chi connectivity index (χ1) is 12.3. The minimum Gasteiger partial charge on any atom is -0.494 e. The van der Waals surface area contributed by atoms with Crippen molar-refractivity contribution in [3.05, 3.63) is 53.0 Å². The number of hydrogen-bond donors (Lipinski definition) is 1. The summed E-state index contributed by atoms with van der Waals surface area (Å²) in [5.74, 6) is -3.40. The fourth-order valence-electron chi connectivity index (χ4n) is 2.11. The first kappa shape index (κ1) is 20.3. The third-order valence-electron chi connectivity index (χ3n) is 3.32. The van der Waals surface area contributed by atoms with Crippen LogP contribution in [0, 0.1) is 0 Å². The Balaban J connectivity index is 1.90. The Morgan fingerprint density at radius 2 is 1.88 bits per heavy atom. The molecule has 140 valence electrons. The average Bonchev–Trinajstić information content (AvgIpc) is 2.59. The summed E-state index contributed by atoms with van der Waals surface area (Å²) in [4.78, 5) is 11.4. The number of anilines is 1. The molecular formula is C17H16BrF2NO4S. The van der Waals surface area contributed by atoms with E-state index in [1.54, 1.807) is 12.1 Å². The number of alkyl halides is 2. The second-order valence-corrected chi connectivity index (χ2v) is 8.06. The van der Waals surface area contributed by atoms with Crippen LogP contribution in [-0.4, -0.2) is 26.7 Å². The molecule has 0 saturated heterocycles. The summed E-state index contributed by atoms with van der Waals surface area (Å²) >= 11 is 3.32. The van der Waals surface area contributed by atoms with Crippen molar-refractivity contribution in [1.29, 1.82) is 0 Å².